The summed E-state index contributed by atoms with van der Waals surface area (Å²) in [5.41, 5.74) is 0.647. The Morgan fingerprint density at radius 3 is 2.58 bits per heavy atom. The maximum Gasteiger partial charge on any atom is 0.277 e. The number of thioether (sulfide) groups is 1. The lowest BCUT2D eigenvalue weighted by Crippen LogP contribution is -2.35. The third-order valence-electron chi connectivity index (χ3n) is 5.01. The number of sulfonamides is 1. The lowest BCUT2D eigenvalue weighted by Gasteiger charge is -2.25. The number of hydrogen-bond acceptors (Lipinski definition) is 6. The van der Waals surface area contributed by atoms with Gasteiger partial charge in [0, 0.05) is 23.9 Å². The van der Waals surface area contributed by atoms with Gasteiger partial charge >= 0.3 is 0 Å². The normalized spacial score (nSPS) is 19.8. The van der Waals surface area contributed by atoms with Crippen molar-refractivity contribution in [1.29, 1.82) is 0 Å². The zero-order valence-electron chi connectivity index (χ0n) is 14.6. The van der Waals surface area contributed by atoms with E-state index in [0.29, 0.717) is 39.9 Å². The molecule has 0 amide bonds. The first kappa shape index (κ1) is 18.0. The third-order valence-corrected chi connectivity index (χ3v) is 8.08. The Hall–Kier alpha value is -1.38. The average molecular weight is 394 g/mol. The summed E-state index contributed by atoms with van der Waals surface area (Å²) in [7, 11) is -3.47. The SMILES string of the molecule is O=S(=O)(c1cccc(-c2nnc(SC3CCCC3)o2)c1)N1CCCCC1. The number of nitrogens with zero attached hydrogens (tertiary/aromatic N) is 3. The molecule has 0 unspecified atom stereocenters. The molecule has 8 heteroatoms. The molecule has 0 radical (unpaired) electrons. The Morgan fingerprint density at radius 2 is 1.81 bits per heavy atom. The molecular formula is C18H23N3O3S2. The summed E-state index contributed by atoms with van der Waals surface area (Å²) >= 11 is 1.63. The van der Waals surface area contributed by atoms with E-state index in [1.165, 1.54) is 25.7 Å². The van der Waals surface area contributed by atoms with Crippen molar-refractivity contribution in [3.63, 3.8) is 0 Å². The summed E-state index contributed by atoms with van der Waals surface area (Å²) in [6, 6.07) is 6.83. The van der Waals surface area contributed by atoms with Crippen LogP contribution < -0.4 is 0 Å². The Kier molecular flexibility index (Phi) is 5.33. The molecule has 4 rings (SSSR count). The highest BCUT2D eigenvalue weighted by molar-refractivity contribution is 7.99. The lowest BCUT2D eigenvalue weighted by atomic mass is 10.2. The predicted octanol–water partition coefficient (Wildman–Crippen LogP) is 3.95. The van der Waals surface area contributed by atoms with E-state index in [9.17, 15) is 8.42 Å². The van der Waals surface area contributed by atoms with Gasteiger partial charge in [0.15, 0.2) is 0 Å². The van der Waals surface area contributed by atoms with E-state index in [0.717, 1.165) is 19.3 Å². The number of hydrogen-bond donors (Lipinski definition) is 0. The Labute approximate surface area is 158 Å². The zero-order valence-corrected chi connectivity index (χ0v) is 16.3. The van der Waals surface area contributed by atoms with Crippen LogP contribution in [0.5, 0.6) is 0 Å². The molecule has 2 aliphatic rings. The first-order valence-electron chi connectivity index (χ1n) is 9.24. The van der Waals surface area contributed by atoms with Crippen molar-refractivity contribution >= 4 is 21.8 Å². The van der Waals surface area contributed by atoms with Crippen LogP contribution in [0.25, 0.3) is 11.5 Å². The molecule has 1 aliphatic carbocycles. The van der Waals surface area contributed by atoms with E-state index < -0.39 is 10.0 Å². The van der Waals surface area contributed by atoms with E-state index in [1.807, 2.05) is 6.07 Å². The number of benzene rings is 1. The topological polar surface area (TPSA) is 76.3 Å². The second kappa shape index (κ2) is 7.70. The quantitative estimate of drug-likeness (QED) is 0.766. The monoisotopic (exact) mass is 393 g/mol. The van der Waals surface area contributed by atoms with Crippen molar-refractivity contribution in [1.82, 2.24) is 14.5 Å². The molecular weight excluding hydrogens is 370 g/mol. The van der Waals surface area contributed by atoms with Gasteiger partial charge in [-0.3, -0.25) is 0 Å². The fraction of sp³-hybridized carbons (Fsp3) is 0.556. The van der Waals surface area contributed by atoms with Gasteiger partial charge in [0.1, 0.15) is 0 Å². The van der Waals surface area contributed by atoms with Gasteiger partial charge in [-0.2, -0.15) is 4.31 Å². The number of piperidine rings is 1. The molecule has 2 aromatic rings. The summed E-state index contributed by atoms with van der Waals surface area (Å²) in [4.78, 5) is 0.292. The van der Waals surface area contributed by atoms with Crippen molar-refractivity contribution in [3.05, 3.63) is 24.3 Å². The Morgan fingerprint density at radius 1 is 1.04 bits per heavy atom. The van der Waals surface area contributed by atoms with E-state index in [-0.39, 0.29) is 0 Å². The molecule has 1 aromatic carbocycles. The Balaban J connectivity index is 1.54. The highest BCUT2D eigenvalue weighted by Crippen LogP contribution is 2.35. The van der Waals surface area contributed by atoms with E-state index in [4.69, 9.17) is 4.42 Å². The molecule has 2 fully saturated rings. The second-order valence-corrected chi connectivity index (χ2v) is 10.1. The maximum atomic E-state index is 12.9. The first-order valence-corrected chi connectivity index (χ1v) is 11.6. The van der Waals surface area contributed by atoms with E-state index >= 15 is 0 Å². The zero-order chi connectivity index (χ0) is 18.0. The average Bonchev–Trinajstić information content (AvgIpc) is 3.35. The minimum absolute atomic E-state index is 0.292. The molecule has 0 bridgehead atoms. The van der Waals surface area contributed by atoms with Crippen molar-refractivity contribution in [3.8, 4) is 11.5 Å². The number of aromatic nitrogens is 2. The van der Waals surface area contributed by atoms with Crippen LogP contribution in [0.3, 0.4) is 0 Å². The van der Waals surface area contributed by atoms with Crippen LogP contribution in [0.2, 0.25) is 0 Å². The smallest absolute Gasteiger partial charge is 0.277 e. The van der Waals surface area contributed by atoms with Crippen molar-refractivity contribution < 1.29 is 12.8 Å². The van der Waals surface area contributed by atoms with Crippen LogP contribution in [0.1, 0.15) is 44.9 Å². The van der Waals surface area contributed by atoms with E-state index in [2.05, 4.69) is 10.2 Å². The molecule has 0 N–H and O–H groups in total. The van der Waals surface area contributed by atoms with Crippen LogP contribution in [0.4, 0.5) is 0 Å². The van der Waals surface area contributed by atoms with Crippen molar-refractivity contribution in [2.45, 2.75) is 60.3 Å². The minimum Gasteiger partial charge on any atom is -0.411 e. The lowest BCUT2D eigenvalue weighted by molar-refractivity contribution is 0.346. The summed E-state index contributed by atoms with van der Waals surface area (Å²) in [5.74, 6) is 0.376. The van der Waals surface area contributed by atoms with Gasteiger partial charge < -0.3 is 4.42 Å². The van der Waals surface area contributed by atoms with Gasteiger partial charge in [0.2, 0.25) is 15.9 Å². The molecule has 1 aliphatic heterocycles. The molecule has 26 heavy (non-hydrogen) atoms. The summed E-state index contributed by atoms with van der Waals surface area (Å²) < 4.78 is 33.1. The van der Waals surface area contributed by atoms with E-state index in [1.54, 1.807) is 34.3 Å². The largest absolute Gasteiger partial charge is 0.411 e. The highest BCUT2D eigenvalue weighted by atomic mass is 32.2. The van der Waals surface area contributed by atoms with Gasteiger partial charge in [0.05, 0.1) is 4.90 Å². The molecule has 0 spiro atoms. The van der Waals surface area contributed by atoms with Gasteiger partial charge in [-0.25, -0.2) is 8.42 Å². The molecule has 140 valence electrons. The third kappa shape index (κ3) is 3.82. The van der Waals surface area contributed by atoms with Crippen LogP contribution in [0.15, 0.2) is 38.8 Å². The standard InChI is InChI=1S/C18H23N3O3S2/c22-26(23,21-11-4-1-5-12-21)16-10-6-7-14(13-16)17-19-20-18(24-17)25-15-8-2-3-9-15/h6-7,10,13,15H,1-5,8-9,11-12H2. The highest BCUT2D eigenvalue weighted by Gasteiger charge is 2.26. The fourth-order valence-corrected chi connectivity index (χ4v) is 6.20. The summed E-state index contributed by atoms with van der Waals surface area (Å²) in [6.45, 7) is 1.19. The molecule has 1 saturated heterocycles. The molecule has 0 atom stereocenters. The van der Waals surface area contributed by atoms with Gasteiger partial charge in [-0.05, 0) is 43.9 Å². The van der Waals surface area contributed by atoms with Crippen LogP contribution in [-0.4, -0.2) is 41.3 Å². The minimum atomic E-state index is -3.47. The van der Waals surface area contributed by atoms with Crippen LogP contribution in [0, 0.1) is 0 Å². The summed E-state index contributed by atoms with van der Waals surface area (Å²) in [6.07, 6.45) is 7.83. The molecule has 2 heterocycles. The van der Waals surface area contributed by atoms with Crippen molar-refractivity contribution in [2.75, 3.05) is 13.1 Å². The summed E-state index contributed by atoms with van der Waals surface area (Å²) in [5, 5.41) is 9.36. The van der Waals surface area contributed by atoms with Gasteiger partial charge in [-0.1, -0.05) is 37.1 Å². The van der Waals surface area contributed by atoms with Crippen LogP contribution in [-0.2, 0) is 10.0 Å². The second-order valence-electron chi connectivity index (χ2n) is 6.89. The fourth-order valence-electron chi connectivity index (χ4n) is 3.57. The van der Waals surface area contributed by atoms with Gasteiger partial charge in [0.25, 0.3) is 5.22 Å². The number of rotatable bonds is 5. The van der Waals surface area contributed by atoms with Gasteiger partial charge in [-0.15, -0.1) is 10.2 Å². The van der Waals surface area contributed by atoms with Crippen molar-refractivity contribution in [2.24, 2.45) is 0 Å². The molecule has 6 nitrogen and oxygen atoms in total. The first-order chi connectivity index (χ1) is 12.6. The maximum absolute atomic E-state index is 12.9. The Bertz CT molecular complexity index is 854. The molecule has 1 aromatic heterocycles. The van der Waals surface area contributed by atoms with Crippen LogP contribution >= 0.6 is 11.8 Å². The predicted molar refractivity (Wildman–Crippen MR) is 100 cm³/mol. The molecule has 1 saturated carbocycles.